The largest absolute Gasteiger partial charge is 0.493 e. The van der Waals surface area contributed by atoms with Gasteiger partial charge in [-0.2, -0.15) is 0 Å². The number of amides is 1. The number of hydrogen-bond donors (Lipinski definition) is 0. The van der Waals surface area contributed by atoms with E-state index >= 15 is 0 Å². The molecule has 24 heavy (non-hydrogen) atoms. The van der Waals surface area contributed by atoms with Crippen molar-refractivity contribution in [2.45, 2.75) is 13.3 Å². The minimum atomic E-state index is -0.0892. The molecule has 1 saturated heterocycles. The van der Waals surface area contributed by atoms with Gasteiger partial charge in [0, 0.05) is 16.6 Å². The van der Waals surface area contributed by atoms with Crippen LogP contribution >= 0.6 is 39.9 Å². The molecule has 0 bridgehead atoms. The van der Waals surface area contributed by atoms with Gasteiger partial charge in [-0.1, -0.05) is 52.8 Å². The highest BCUT2D eigenvalue weighted by Crippen LogP contribution is 2.39. The highest BCUT2D eigenvalue weighted by atomic mass is 79.9. The molecule has 4 nitrogen and oxygen atoms in total. The lowest BCUT2D eigenvalue weighted by atomic mass is 10.1. The van der Waals surface area contributed by atoms with Gasteiger partial charge >= 0.3 is 0 Å². The number of thiocarbonyl (C=S) groups is 1. The van der Waals surface area contributed by atoms with E-state index < -0.39 is 0 Å². The van der Waals surface area contributed by atoms with E-state index in [-0.39, 0.29) is 12.5 Å². The van der Waals surface area contributed by atoms with E-state index in [0.29, 0.717) is 32.8 Å². The van der Waals surface area contributed by atoms with Crippen molar-refractivity contribution in [3.63, 3.8) is 0 Å². The summed E-state index contributed by atoms with van der Waals surface area (Å²) in [5.74, 6) is 3.38. The molecule has 1 aromatic rings. The molecule has 0 unspecified atom stereocenters. The number of methoxy groups -OCH3 is 1. The first-order chi connectivity index (χ1) is 11.5. The zero-order valence-electron chi connectivity index (χ0n) is 13.3. The molecule has 1 amide bonds. The van der Waals surface area contributed by atoms with Crippen LogP contribution in [0.5, 0.6) is 11.5 Å². The molecule has 126 valence electrons. The van der Waals surface area contributed by atoms with Gasteiger partial charge in [0.25, 0.3) is 5.91 Å². The van der Waals surface area contributed by atoms with Gasteiger partial charge in [-0.25, -0.2) is 0 Å². The van der Waals surface area contributed by atoms with E-state index in [1.807, 2.05) is 13.0 Å². The predicted octanol–water partition coefficient (Wildman–Crippen LogP) is 4.08. The lowest BCUT2D eigenvalue weighted by Gasteiger charge is -2.13. The molecule has 7 heteroatoms. The summed E-state index contributed by atoms with van der Waals surface area (Å²) < 4.78 is 12.4. The molecule has 0 spiro atoms. The van der Waals surface area contributed by atoms with Crippen LogP contribution in [0.25, 0.3) is 6.08 Å². The third kappa shape index (κ3) is 4.12. The minimum absolute atomic E-state index is 0.0892. The van der Waals surface area contributed by atoms with E-state index in [4.69, 9.17) is 28.1 Å². The Morgan fingerprint density at radius 2 is 2.25 bits per heavy atom. The highest BCUT2D eigenvalue weighted by Gasteiger charge is 2.31. The average Bonchev–Trinajstić information content (AvgIpc) is 2.81. The lowest BCUT2D eigenvalue weighted by Crippen LogP contribution is -2.28. The number of hydrogen-bond acceptors (Lipinski definition) is 5. The Balaban J connectivity index is 2.45. The van der Waals surface area contributed by atoms with E-state index in [1.54, 1.807) is 24.2 Å². The number of carbonyl (C=O) groups is 1. The first-order valence-corrected chi connectivity index (χ1v) is 9.22. The maximum absolute atomic E-state index is 12.5. The fourth-order valence-electron chi connectivity index (χ4n) is 2.17. The molecule has 1 heterocycles. The minimum Gasteiger partial charge on any atom is -0.493 e. The zero-order chi connectivity index (χ0) is 17.7. The molecule has 0 N–H and O–H groups in total. The summed E-state index contributed by atoms with van der Waals surface area (Å²) >= 11 is 10.0. The molecule has 0 saturated carbocycles. The number of rotatable bonds is 6. The molecule has 1 aromatic carbocycles. The second-order valence-electron chi connectivity index (χ2n) is 4.85. The van der Waals surface area contributed by atoms with Crippen LogP contribution < -0.4 is 9.47 Å². The Morgan fingerprint density at radius 3 is 2.88 bits per heavy atom. The van der Waals surface area contributed by atoms with Crippen molar-refractivity contribution in [2.24, 2.45) is 0 Å². The quantitative estimate of drug-likeness (QED) is 0.390. The summed E-state index contributed by atoms with van der Waals surface area (Å²) in [6.07, 6.45) is 7.89. The molecular formula is C17H16BrNO3S2. The number of ether oxygens (including phenoxy) is 2. The van der Waals surface area contributed by atoms with Gasteiger partial charge in [0.05, 0.1) is 12.0 Å². The third-order valence-electron chi connectivity index (χ3n) is 3.18. The molecule has 1 aliphatic heterocycles. The van der Waals surface area contributed by atoms with Crippen molar-refractivity contribution in [3.05, 3.63) is 27.1 Å². The molecule has 2 rings (SSSR count). The first kappa shape index (κ1) is 18.8. The summed E-state index contributed by atoms with van der Waals surface area (Å²) in [5.41, 5.74) is 0.702. The number of nitrogens with zero attached hydrogens (tertiary/aromatic N) is 1. The number of thioether (sulfide) groups is 1. The molecule has 0 atom stereocenters. The molecular weight excluding hydrogens is 410 g/mol. The Labute approximate surface area is 159 Å². The monoisotopic (exact) mass is 425 g/mol. The van der Waals surface area contributed by atoms with Crippen molar-refractivity contribution >= 4 is 56.2 Å². The number of carbonyl (C=O) groups excluding carboxylic acids is 1. The Hall–Kier alpha value is -1.49. The van der Waals surface area contributed by atoms with Gasteiger partial charge in [-0.15, -0.1) is 6.42 Å². The number of terminal acetylenes is 1. The Kier molecular flexibility index (Phi) is 6.72. The van der Waals surface area contributed by atoms with Crippen molar-refractivity contribution in [2.75, 3.05) is 20.3 Å². The molecule has 1 fully saturated rings. The Morgan fingerprint density at radius 1 is 1.50 bits per heavy atom. The average molecular weight is 426 g/mol. The van der Waals surface area contributed by atoms with E-state index in [1.165, 1.54) is 11.8 Å². The third-order valence-corrected chi connectivity index (χ3v) is 5.01. The lowest BCUT2D eigenvalue weighted by molar-refractivity contribution is -0.122. The van der Waals surface area contributed by atoms with Crippen molar-refractivity contribution in [1.29, 1.82) is 0 Å². The second kappa shape index (κ2) is 8.56. The first-order valence-electron chi connectivity index (χ1n) is 7.21. The van der Waals surface area contributed by atoms with Crippen LogP contribution in [-0.4, -0.2) is 35.4 Å². The second-order valence-corrected chi connectivity index (χ2v) is 7.44. The van der Waals surface area contributed by atoms with Crippen LogP contribution in [0.3, 0.4) is 0 Å². The van der Waals surface area contributed by atoms with Gasteiger partial charge < -0.3 is 9.47 Å². The molecule has 0 aliphatic carbocycles. The maximum Gasteiger partial charge on any atom is 0.266 e. The van der Waals surface area contributed by atoms with Crippen LogP contribution in [0, 0.1) is 12.3 Å². The highest BCUT2D eigenvalue weighted by molar-refractivity contribution is 9.10. The van der Waals surface area contributed by atoms with Crippen LogP contribution in [-0.2, 0) is 4.79 Å². The fourth-order valence-corrected chi connectivity index (χ4v) is 3.93. The summed E-state index contributed by atoms with van der Waals surface area (Å²) in [5, 5.41) is 0. The van der Waals surface area contributed by atoms with Crippen LogP contribution in [0.15, 0.2) is 21.5 Å². The van der Waals surface area contributed by atoms with Gasteiger partial charge in [0.15, 0.2) is 11.5 Å². The van der Waals surface area contributed by atoms with Crippen LogP contribution in [0.4, 0.5) is 0 Å². The molecule has 0 radical (unpaired) electrons. The van der Waals surface area contributed by atoms with Gasteiger partial charge in [-0.05, 0) is 24.6 Å². The van der Waals surface area contributed by atoms with Crippen molar-refractivity contribution in [3.8, 4) is 23.8 Å². The maximum atomic E-state index is 12.5. The summed E-state index contributed by atoms with van der Waals surface area (Å²) in [4.78, 5) is 14.7. The SMILES string of the molecule is C#CCOc1c(/C=C2\SC(=S)N(CCC)C2=O)cc(Br)cc1OC. The van der Waals surface area contributed by atoms with E-state index in [0.717, 1.165) is 10.9 Å². The van der Waals surface area contributed by atoms with E-state index in [9.17, 15) is 4.79 Å². The fraction of sp³-hybridized carbons (Fsp3) is 0.294. The van der Waals surface area contributed by atoms with Crippen molar-refractivity contribution < 1.29 is 14.3 Å². The number of halogens is 1. The summed E-state index contributed by atoms with van der Waals surface area (Å²) in [7, 11) is 1.55. The van der Waals surface area contributed by atoms with Gasteiger partial charge in [0.1, 0.15) is 10.9 Å². The summed E-state index contributed by atoms with van der Waals surface area (Å²) in [6.45, 7) is 2.73. The van der Waals surface area contributed by atoms with Gasteiger partial charge in [0.2, 0.25) is 0 Å². The summed E-state index contributed by atoms with van der Waals surface area (Å²) in [6, 6.07) is 3.63. The smallest absolute Gasteiger partial charge is 0.266 e. The van der Waals surface area contributed by atoms with Crippen LogP contribution in [0.2, 0.25) is 0 Å². The molecule has 1 aliphatic rings. The van der Waals surface area contributed by atoms with E-state index in [2.05, 4.69) is 21.9 Å². The molecule has 0 aromatic heterocycles. The zero-order valence-corrected chi connectivity index (χ0v) is 16.5. The number of benzene rings is 1. The normalized spacial score (nSPS) is 15.8. The van der Waals surface area contributed by atoms with Crippen molar-refractivity contribution in [1.82, 2.24) is 4.90 Å². The van der Waals surface area contributed by atoms with Crippen LogP contribution in [0.1, 0.15) is 18.9 Å². The van der Waals surface area contributed by atoms with Gasteiger partial charge in [-0.3, -0.25) is 9.69 Å². The predicted molar refractivity (Wildman–Crippen MR) is 105 cm³/mol. The Bertz CT molecular complexity index is 740. The topological polar surface area (TPSA) is 38.8 Å². The standard InChI is InChI=1S/C17H16BrNO3S2/c1-4-6-19-16(20)14(24-17(19)23)9-11-8-12(18)10-13(21-3)15(11)22-7-5-2/h2,8-10H,4,6-7H2,1,3H3/b14-9-.